The van der Waals surface area contributed by atoms with E-state index in [9.17, 15) is 14.4 Å². The normalized spacial score (nSPS) is 10.2. The smallest absolute Gasteiger partial charge is 0.348 e. The number of hydrogen-bond acceptors (Lipinski definition) is 5. The summed E-state index contributed by atoms with van der Waals surface area (Å²) in [5.41, 5.74) is 0.962. The molecular weight excluding hydrogens is 364 g/mol. The maximum atomic E-state index is 12.5. The van der Waals surface area contributed by atoms with Crippen molar-refractivity contribution in [2.45, 2.75) is 13.8 Å². The number of anilines is 1. The number of benzene rings is 1. The molecule has 2 N–H and O–H groups in total. The first-order chi connectivity index (χ1) is 11.9. The van der Waals surface area contributed by atoms with Crippen LogP contribution in [-0.4, -0.2) is 31.4 Å². The van der Waals surface area contributed by atoms with E-state index in [-0.39, 0.29) is 27.6 Å². The molecule has 0 unspecified atom stereocenters. The summed E-state index contributed by atoms with van der Waals surface area (Å²) >= 11 is 7.03. The van der Waals surface area contributed by atoms with Crippen LogP contribution in [-0.2, 0) is 4.74 Å². The Bertz CT molecular complexity index is 832. The highest BCUT2D eigenvalue weighted by molar-refractivity contribution is 7.18. The van der Waals surface area contributed by atoms with Crippen LogP contribution in [0.4, 0.5) is 5.00 Å². The topological polar surface area (TPSA) is 84.5 Å². The lowest BCUT2D eigenvalue weighted by Gasteiger charge is -2.07. The van der Waals surface area contributed by atoms with Gasteiger partial charge in [0.15, 0.2) is 0 Å². The fraction of sp³-hybridized carbons (Fsp3) is 0.235. The fourth-order valence-electron chi connectivity index (χ4n) is 2.21. The molecule has 0 aliphatic carbocycles. The Labute approximate surface area is 154 Å². The number of nitrogens with one attached hydrogen (secondary N) is 2. The van der Waals surface area contributed by atoms with Crippen molar-refractivity contribution in [1.29, 1.82) is 0 Å². The number of esters is 1. The molecule has 0 atom stereocenters. The average Bonchev–Trinajstić information content (AvgIpc) is 2.91. The standard InChI is InChI=1S/C17H17ClN2O4S/c1-4-24-17(23)13-9(2)12(15(22)19-3)16(25-13)20-14(21)10-7-5-6-8-11(10)18/h5-8H,4H2,1-3H3,(H,19,22)(H,20,21). The predicted octanol–water partition coefficient (Wildman–Crippen LogP) is 3.50. The molecule has 2 rings (SSSR count). The van der Waals surface area contributed by atoms with Gasteiger partial charge in [-0.2, -0.15) is 0 Å². The number of halogens is 1. The van der Waals surface area contributed by atoms with Crippen LogP contribution in [0.3, 0.4) is 0 Å². The average molecular weight is 381 g/mol. The van der Waals surface area contributed by atoms with E-state index in [0.717, 1.165) is 11.3 Å². The molecule has 0 fully saturated rings. The Morgan fingerprint density at radius 1 is 1.20 bits per heavy atom. The van der Waals surface area contributed by atoms with Gasteiger partial charge in [0.25, 0.3) is 11.8 Å². The van der Waals surface area contributed by atoms with E-state index >= 15 is 0 Å². The monoisotopic (exact) mass is 380 g/mol. The van der Waals surface area contributed by atoms with Crippen LogP contribution in [0.15, 0.2) is 24.3 Å². The maximum Gasteiger partial charge on any atom is 0.348 e. The number of carbonyl (C=O) groups excluding carboxylic acids is 3. The quantitative estimate of drug-likeness (QED) is 0.777. The summed E-state index contributed by atoms with van der Waals surface area (Å²) in [7, 11) is 1.48. The van der Waals surface area contributed by atoms with Gasteiger partial charge in [0.1, 0.15) is 9.88 Å². The molecule has 2 amide bonds. The second-order valence-corrected chi connectivity index (χ2v) is 6.42. The van der Waals surface area contributed by atoms with E-state index in [1.807, 2.05) is 0 Å². The molecule has 0 aliphatic heterocycles. The minimum Gasteiger partial charge on any atom is -0.462 e. The Morgan fingerprint density at radius 2 is 1.88 bits per heavy atom. The van der Waals surface area contributed by atoms with E-state index in [0.29, 0.717) is 10.6 Å². The number of carbonyl (C=O) groups is 3. The SMILES string of the molecule is CCOC(=O)c1sc(NC(=O)c2ccccc2Cl)c(C(=O)NC)c1C. The highest BCUT2D eigenvalue weighted by Crippen LogP contribution is 2.34. The Morgan fingerprint density at radius 3 is 2.48 bits per heavy atom. The third-order valence-electron chi connectivity index (χ3n) is 3.41. The summed E-state index contributed by atoms with van der Waals surface area (Å²) in [5, 5.41) is 5.74. The van der Waals surface area contributed by atoms with Crippen LogP contribution in [0.25, 0.3) is 0 Å². The second kappa shape index (κ2) is 8.13. The van der Waals surface area contributed by atoms with Crippen molar-refractivity contribution in [2.75, 3.05) is 19.0 Å². The zero-order chi connectivity index (χ0) is 18.6. The summed E-state index contributed by atoms with van der Waals surface area (Å²) in [6.07, 6.45) is 0. The third kappa shape index (κ3) is 4.00. The van der Waals surface area contributed by atoms with Gasteiger partial charge in [-0.15, -0.1) is 11.3 Å². The number of thiophene rings is 1. The third-order valence-corrected chi connectivity index (χ3v) is 4.92. The van der Waals surface area contributed by atoms with Gasteiger partial charge in [0.05, 0.1) is 22.8 Å². The van der Waals surface area contributed by atoms with Crippen LogP contribution in [0.2, 0.25) is 5.02 Å². The van der Waals surface area contributed by atoms with Crippen molar-refractivity contribution in [1.82, 2.24) is 5.32 Å². The lowest BCUT2D eigenvalue weighted by molar-refractivity contribution is 0.0531. The number of ether oxygens (including phenoxy) is 1. The molecule has 0 spiro atoms. The van der Waals surface area contributed by atoms with Crippen molar-refractivity contribution < 1.29 is 19.1 Å². The van der Waals surface area contributed by atoms with Gasteiger partial charge in [-0.05, 0) is 31.5 Å². The van der Waals surface area contributed by atoms with Crippen LogP contribution >= 0.6 is 22.9 Å². The number of amides is 2. The molecule has 0 saturated heterocycles. The first-order valence-electron chi connectivity index (χ1n) is 7.49. The molecule has 132 valence electrons. The van der Waals surface area contributed by atoms with Gasteiger partial charge in [0.2, 0.25) is 0 Å². The Balaban J connectivity index is 2.44. The van der Waals surface area contributed by atoms with Crippen molar-refractivity contribution in [2.24, 2.45) is 0 Å². The lowest BCUT2D eigenvalue weighted by Crippen LogP contribution is -2.21. The molecule has 0 bridgehead atoms. The van der Waals surface area contributed by atoms with E-state index in [4.69, 9.17) is 16.3 Å². The molecule has 0 aliphatic rings. The van der Waals surface area contributed by atoms with Gasteiger partial charge < -0.3 is 15.4 Å². The molecule has 8 heteroatoms. The van der Waals surface area contributed by atoms with Gasteiger partial charge in [-0.3, -0.25) is 9.59 Å². The van der Waals surface area contributed by atoms with Crippen molar-refractivity contribution in [3.63, 3.8) is 0 Å². The molecule has 1 aromatic carbocycles. The van der Waals surface area contributed by atoms with Crippen molar-refractivity contribution in [3.8, 4) is 0 Å². The lowest BCUT2D eigenvalue weighted by atomic mass is 10.1. The summed E-state index contributed by atoms with van der Waals surface area (Å²) in [6.45, 7) is 3.55. The van der Waals surface area contributed by atoms with Crippen molar-refractivity contribution in [3.05, 3.63) is 50.9 Å². The summed E-state index contributed by atoms with van der Waals surface area (Å²) in [5.74, 6) is -1.40. The summed E-state index contributed by atoms with van der Waals surface area (Å²) in [4.78, 5) is 37.0. The zero-order valence-electron chi connectivity index (χ0n) is 13.9. The first kappa shape index (κ1) is 19.0. The largest absolute Gasteiger partial charge is 0.462 e. The molecule has 0 radical (unpaired) electrons. The van der Waals surface area contributed by atoms with E-state index in [1.165, 1.54) is 7.05 Å². The molecular formula is C17H17ClN2O4S. The molecule has 6 nitrogen and oxygen atoms in total. The minimum absolute atomic E-state index is 0.215. The Hall–Kier alpha value is -2.38. The zero-order valence-corrected chi connectivity index (χ0v) is 15.5. The molecule has 1 aromatic heterocycles. The summed E-state index contributed by atoms with van der Waals surface area (Å²) < 4.78 is 5.01. The molecule has 1 heterocycles. The van der Waals surface area contributed by atoms with Crippen LogP contribution < -0.4 is 10.6 Å². The van der Waals surface area contributed by atoms with Crippen molar-refractivity contribution >= 4 is 45.7 Å². The van der Waals surface area contributed by atoms with Gasteiger partial charge in [-0.25, -0.2) is 4.79 Å². The molecule has 2 aromatic rings. The first-order valence-corrected chi connectivity index (χ1v) is 8.68. The molecule has 0 saturated carbocycles. The van der Waals surface area contributed by atoms with Crippen LogP contribution in [0, 0.1) is 6.92 Å². The minimum atomic E-state index is -0.534. The number of hydrogen-bond donors (Lipinski definition) is 2. The maximum absolute atomic E-state index is 12.5. The van der Waals surface area contributed by atoms with Gasteiger partial charge in [0, 0.05) is 7.05 Å². The highest BCUT2D eigenvalue weighted by Gasteiger charge is 2.26. The highest BCUT2D eigenvalue weighted by atomic mass is 35.5. The van der Waals surface area contributed by atoms with E-state index in [2.05, 4.69) is 10.6 Å². The van der Waals surface area contributed by atoms with Crippen LogP contribution in [0.5, 0.6) is 0 Å². The van der Waals surface area contributed by atoms with Gasteiger partial charge >= 0.3 is 5.97 Å². The predicted molar refractivity (Wildman–Crippen MR) is 97.8 cm³/mol. The van der Waals surface area contributed by atoms with Crippen LogP contribution in [0.1, 0.15) is 42.9 Å². The second-order valence-electron chi connectivity index (χ2n) is 4.99. The van der Waals surface area contributed by atoms with E-state index in [1.54, 1.807) is 38.1 Å². The summed E-state index contributed by atoms with van der Waals surface area (Å²) in [6, 6.07) is 6.57. The number of rotatable bonds is 5. The fourth-order valence-corrected chi connectivity index (χ4v) is 3.52. The molecule has 25 heavy (non-hydrogen) atoms. The van der Waals surface area contributed by atoms with Gasteiger partial charge in [-0.1, -0.05) is 23.7 Å². The van der Waals surface area contributed by atoms with E-state index < -0.39 is 17.8 Å². The Kier molecular flexibility index (Phi) is 6.17.